The highest BCUT2D eigenvalue weighted by molar-refractivity contribution is 5.63. The first-order chi connectivity index (χ1) is 12.0. The van der Waals surface area contributed by atoms with E-state index in [1.165, 1.54) is 24.3 Å². The maximum absolute atomic E-state index is 11.5. The minimum absolute atomic E-state index is 0.0190. The van der Waals surface area contributed by atoms with Crippen molar-refractivity contribution in [3.05, 3.63) is 44.8 Å². The van der Waals surface area contributed by atoms with Gasteiger partial charge >= 0.3 is 6.16 Å². The molecule has 0 saturated carbocycles. The van der Waals surface area contributed by atoms with Gasteiger partial charge in [0.25, 0.3) is 5.69 Å². The molecule has 0 aliphatic carbocycles. The largest absolute Gasteiger partial charge is 0.513 e. The molecule has 0 amide bonds. The molecule has 1 rings (SSSR count). The van der Waals surface area contributed by atoms with Crippen LogP contribution in [0.1, 0.15) is 6.92 Å². The molecule has 1 unspecified atom stereocenters. The van der Waals surface area contributed by atoms with E-state index in [4.69, 9.17) is 24.5 Å². The average Bonchev–Trinajstić information content (AvgIpc) is 2.59. The molecular weight excluding hydrogens is 336 g/mol. The molecule has 0 heterocycles. The summed E-state index contributed by atoms with van der Waals surface area (Å²) in [5, 5.41) is 13.8. The minimum Gasteiger partial charge on any atom is -0.432 e. The van der Waals surface area contributed by atoms with Gasteiger partial charge in [0.2, 0.25) is 0 Å². The lowest BCUT2D eigenvalue weighted by Crippen LogP contribution is -2.21. The van der Waals surface area contributed by atoms with Crippen LogP contribution in [-0.2, 0) is 14.2 Å². The second kappa shape index (κ2) is 11.6. The number of hydrogen-bond donors (Lipinski definition) is 0. The highest BCUT2D eigenvalue weighted by Gasteiger charge is 2.09. The third-order valence-electron chi connectivity index (χ3n) is 2.71. The Labute approximate surface area is 143 Å². The molecule has 1 aromatic rings. The Bertz CT molecular complexity index is 602. The summed E-state index contributed by atoms with van der Waals surface area (Å²) in [5.74, 6) is 0.137. The lowest BCUT2D eigenvalue weighted by molar-refractivity contribution is -0.384. The van der Waals surface area contributed by atoms with Gasteiger partial charge in [-0.15, -0.1) is 0 Å². The summed E-state index contributed by atoms with van der Waals surface area (Å²) in [5.41, 5.74) is 7.98. The maximum atomic E-state index is 11.5. The van der Waals surface area contributed by atoms with E-state index >= 15 is 0 Å². The molecule has 136 valence electrons. The number of nitrogens with zero attached hydrogens (tertiary/aromatic N) is 4. The molecule has 1 aromatic carbocycles. The van der Waals surface area contributed by atoms with Crippen molar-refractivity contribution in [2.75, 3.05) is 33.0 Å². The first-order valence-electron chi connectivity index (χ1n) is 7.32. The molecule has 0 aromatic heterocycles. The average molecular weight is 354 g/mol. The van der Waals surface area contributed by atoms with Gasteiger partial charge in [-0.3, -0.25) is 10.1 Å². The predicted molar refractivity (Wildman–Crippen MR) is 85.3 cm³/mol. The summed E-state index contributed by atoms with van der Waals surface area (Å²) in [6, 6.07) is 5.03. The van der Waals surface area contributed by atoms with Crippen molar-refractivity contribution in [1.82, 2.24) is 0 Å². The molecule has 0 fully saturated rings. The Morgan fingerprint density at radius 2 is 2.04 bits per heavy atom. The summed E-state index contributed by atoms with van der Waals surface area (Å²) in [4.78, 5) is 24.0. The zero-order valence-corrected chi connectivity index (χ0v) is 13.6. The fraction of sp³-hybridized carbons (Fsp3) is 0.500. The van der Waals surface area contributed by atoms with Crippen LogP contribution >= 0.6 is 0 Å². The van der Waals surface area contributed by atoms with Crippen LogP contribution in [0.15, 0.2) is 29.4 Å². The zero-order chi connectivity index (χ0) is 18.5. The second-order valence-electron chi connectivity index (χ2n) is 4.66. The number of non-ortho nitro benzene ring substituents is 1. The Kier molecular flexibility index (Phi) is 9.38. The van der Waals surface area contributed by atoms with Gasteiger partial charge < -0.3 is 18.9 Å². The van der Waals surface area contributed by atoms with E-state index in [0.717, 1.165) is 0 Å². The topological polar surface area (TPSA) is 146 Å². The third kappa shape index (κ3) is 9.11. The number of carbonyl (C=O) groups is 1. The Hall–Kier alpha value is -2.88. The highest BCUT2D eigenvalue weighted by atomic mass is 16.7. The van der Waals surface area contributed by atoms with Crippen molar-refractivity contribution >= 4 is 11.8 Å². The Morgan fingerprint density at radius 1 is 1.32 bits per heavy atom. The fourth-order valence-electron chi connectivity index (χ4n) is 1.58. The van der Waals surface area contributed by atoms with Gasteiger partial charge in [0.1, 0.15) is 12.4 Å². The van der Waals surface area contributed by atoms with Crippen molar-refractivity contribution in [3.63, 3.8) is 0 Å². The summed E-state index contributed by atoms with van der Waals surface area (Å²) in [6.45, 7) is 2.78. The van der Waals surface area contributed by atoms with Crippen molar-refractivity contribution in [1.29, 1.82) is 0 Å². The van der Waals surface area contributed by atoms with Crippen LogP contribution in [0.5, 0.6) is 5.75 Å². The summed E-state index contributed by atoms with van der Waals surface area (Å²) < 4.78 is 20.2. The molecule has 0 bridgehead atoms. The van der Waals surface area contributed by atoms with Crippen molar-refractivity contribution < 1.29 is 28.7 Å². The van der Waals surface area contributed by atoms with Gasteiger partial charge in [-0.2, -0.15) is 0 Å². The van der Waals surface area contributed by atoms with Gasteiger partial charge in [0, 0.05) is 23.6 Å². The fourth-order valence-corrected chi connectivity index (χ4v) is 1.58. The van der Waals surface area contributed by atoms with Crippen LogP contribution < -0.4 is 4.74 Å². The summed E-state index contributed by atoms with van der Waals surface area (Å²) in [7, 11) is 0. The minimum atomic E-state index is -0.935. The van der Waals surface area contributed by atoms with E-state index in [1.54, 1.807) is 6.92 Å². The van der Waals surface area contributed by atoms with Gasteiger partial charge in [0.15, 0.2) is 0 Å². The number of rotatable bonds is 11. The van der Waals surface area contributed by atoms with Gasteiger partial charge in [0.05, 0.1) is 30.8 Å². The summed E-state index contributed by atoms with van der Waals surface area (Å²) >= 11 is 0. The van der Waals surface area contributed by atoms with Gasteiger partial charge in [-0.05, 0) is 24.6 Å². The normalized spacial score (nSPS) is 11.2. The second-order valence-corrected chi connectivity index (χ2v) is 4.66. The molecule has 0 saturated heterocycles. The van der Waals surface area contributed by atoms with E-state index < -0.39 is 11.1 Å². The molecule has 11 heteroatoms. The molecule has 0 spiro atoms. The number of azide groups is 1. The van der Waals surface area contributed by atoms with Crippen LogP contribution in [0, 0.1) is 10.1 Å². The van der Waals surface area contributed by atoms with Crippen LogP contribution in [0.25, 0.3) is 10.4 Å². The standard InChI is InChI=1S/C14H18N4O7/c1-11(10-22-7-6-16-17-15)23-8-9-24-14(19)25-13-4-2-12(3-5-13)18(20)21/h2-5,11H,6-10H2,1H3. The van der Waals surface area contributed by atoms with Gasteiger partial charge in [-0.1, -0.05) is 5.11 Å². The molecule has 0 aliphatic rings. The zero-order valence-electron chi connectivity index (χ0n) is 13.6. The van der Waals surface area contributed by atoms with E-state index in [-0.39, 0.29) is 37.3 Å². The van der Waals surface area contributed by atoms with E-state index in [0.29, 0.717) is 13.2 Å². The van der Waals surface area contributed by atoms with Crippen LogP contribution in [-0.4, -0.2) is 50.2 Å². The molecule has 0 radical (unpaired) electrons. The van der Waals surface area contributed by atoms with Crippen LogP contribution in [0.4, 0.5) is 10.5 Å². The van der Waals surface area contributed by atoms with Gasteiger partial charge in [-0.25, -0.2) is 4.79 Å². The van der Waals surface area contributed by atoms with E-state index in [2.05, 4.69) is 10.0 Å². The molecule has 0 N–H and O–H groups in total. The SMILES string of the molecule is CC(COCCN=[N+]=[N-])OCCOC(=O)Oc1ccc([N+](=O)[O-])cc1. The molecule has 11 nitrogen and oxygen atoms in total. The Morgan fingerprint density at radius 3 is 2.68 bits per heavy atom. The van der Waals surface area contributed by atoms with Crippen molar-refractivity contribution in [2.24, 2.45) is 5.11 Å². The molecular formula is C14H18N4O7. The lowest BCUT2D eigenvalue weighted by atomic mass is 10.3. The lowest BCUT2D eigenvalue weighted by Gasteiger charge is -2.13. The van der Waals surface area contributed by atoms with Crippen LogP contribution in [0.2, 0.25) is 0 Å². The first-order valence-corrected chi connectivity index (χ1v) is 7.32. The van der Waals surface area contributed by atoms with E-state index in [1.807, 2.05) is 0 Å². The van der Waals surface area contributed by atoms with E-state index in [9.17, 15) is 14.9 Å². The number of nitro groups is 1. The number of ether oxygens (including phenoxy) is 4. The summed E-state index contributed by atoms with van der Waals surface area (Å²) in [6.07, 6.45) is -1.16. The van der Waals surface area contributed by atoms with Crippen LogP contribution in [0.3, 0.4) is 0 Å². The Balaban J connectivity index is 2.13. The van der Waals surface area contributed by atoms with Crippen molar-refractivity contribution in [2.45, 2.75) is 13.0 Å². The number of benzene rings is 1. The number of nitro benzene ring substituents is 1. The number of carbonyl (C=O) groups excluding carboxylic acids is 1. The van der Waals surface area contributed by atoms with Crippen molar-refractivity contribution in [3.8, 4) is 5.75 Å². The molecule has 1 atom stereocenters. The third-order valence-corrected chi connectivity index (χ3v) is 2.71. The smallest absolute Gasteiger partial charge is 0.432 e. The quantitative estimate of drug-likeness (QED) is 0.0867. The monoisotopic (exact) mass is 354 g/mol. The molecule has 25 heavy (non-hydrogen) atoms. The number of hydrogen-bond acceptors (Lipinski definition) is 8. The first kappa shape index (κ1) is 20.2. The molecule has 0 aliphatic heterocycles. The maximum Gasteiger partial charge on any atom is 0.513 e. The predicted octanol–water partition coefficient (Wildman–Crippen LogP) is 2.84. The highest BCUT2D eigenvalue weighted by Crippen LogP contribution is 2.17.